The van der Waals surface area contributed by atoms with Crippen LogP contribution in [-0.2, 0) is 30.7 Å². The molecule has 3 rings (SSSR count). The first kappa shape index (κ1) is 21.3. The highest BCUT2D eigenvalue weighted by molar-refractivity contribution is 7.91. The molecule has 1 aromatic rings. The maximum absolute atomic E-state index is 12.5. The quantitative estimate of drug-likeness (QED) is 0.634. The maximum atomic E-state index is 12.5. The molecule has 9 heteroatoms. The normalized spacial score (nSPS) is 21.8. The SMILES string of the molecule is C[C@@H](OC(=O)c1ccc(CN2CCCC2=O)cc1)C(=O)N(C)[C@H]1CCS(=O)(=O)C1. The fourth-order valence-electron chi connectivity index (χ4n) is 3.66. The molecule has 0 saturated carbocycles. The van der Waals surface area contributed by atoms with Crippen molar-refractivity contribution in [3.63, 3.8) is 0 Å². The molecule has 0 spiro atoms. The van der Waals surface area contributed by atoms with E-state index in [4.69, 9.17) is 4.74 Å². The number of ether oxygens (including phenoxy) is 1. The molecule has 2 fully saturated rings. The van der Waals surface area contributed by atoms with Crippen molar-refractivity contribution in [1.29, 1.82) is 0 Å². The molecule has 0 aromatic heterocycles. The first-order chi connectivity index (χ1) is 13.7. The Hall–Kier alpha value is -2.42. The van der Waals surface area contributed by atoms with Crippen molar-refractivity contribution < 1.29 is 27.5 Å². The van der Waals surface area contributed by atoms with Crippen LogP contribution in [-0.4, -0.2) is 73.2 Å². The van der Waals surface area contributed by atoms with Gasteiger partial charge in [-0.3, -0.25) is 9.59 Å². The number of esters is 1. The Morgan fingerprint density at radius 1 is 1.28 bits per heavy atom. The van der Waals surface area contributed by atoms with E-state index in [2.05, 4.69) is 0 Å². The van der Waals surface area contributed by atoms with Gasteiger partial charge in [0.2, 0.25) is 5.91 Å². The van der Waals surface area contributed by atoms with Crippen LogP contribution in [0.15, 0.2) is 24.3 Å². The summed E-state index contributed by atoms with van der Waals surface area (Å²) in [6.45, 7) is 2.74. The number of rotatable bonds is 6. The number of nitrogens with zero attached hydrogens (tertiary/aromatic N) is 2. The predicted molar refractivity (Wildman–Crippen MR) is 106 cm³/mol. The number of amides is 2. The summed E-state index contributed by atoms with van der Waals surface area (Å²) in [5, 5.41) is 0. The zero-order valence-electron chi connectivity index (χ0n) is 16.7. The molecule has 2 amide bonds. The molecular weight excluding hydrogens is 396 g/mol. The monoisotopic (exact) mass is 422 g/mol. The van der Waals surface area contributed by atoms with E-state index < -0.39 is 27.8 Å². The first-order valence-corrected chi connectivity index (χ1v) is 11.5. The van der Waals surface area contributed by atoms with Crippen molar-refractivity contribution in [2.45, 2.75) is 44.9 Å². The van der Waals surface area contributed by atoms with Crippen molar-refractivity contribution in [1.82, 2.24) is 9.80 Å². The van der Waals surface area contributed by atoms with Crippen LogP contribution >= 0.6 is 0 Å². The summed E-state index contributed by atoms with van der Waals surface area (Å²) in [4.78, 5) is 39.7. The van der Waals surface area contributed by atoms with Gasteiger partial charge in [0.1, 0.15) is 0 Å². The van der Waals surface area contributed by atoms with E-state index in [1.165, 1.54) is 18.9 Å². The fourth-order valence-corrected chi connectivity index (χ4v) is 5.44. The third-order valence-corrected chi connectivity index (χ3v) is 7.22. The van der Waals surface area contributed by atoms with Crippen molar-refractivity contribution >= 4 is 27.6 Å². The largest absolute Gasteiger partial charge is 0.449 e. The van der Waals surface area contributed by atoms with Gasteiger partial charge >= 0.3 is 5.97 Å². The maximum Gasteiger partial charge on any atom is 0.338 e. The van der Waals surface area contributed by atoms with Gasteiger partial charge in [-0.05, 0) is 37.5 Å². The lowest BCUT2D eigenvalue weighted by Crippen LogP contribution is -2.44. The standard InChI is InChI=1S/C20H26N2O6S/c1-14(19(24)21(2)17-9-11-29(26,27)13-17)28-20(25)16-7-5-15(6-8-16)12-22-10-3-4-18(22)23/h5-8,14,17H,3-4,9-13H2,1-2H3/t14-,17+/m1/s1. The molecule has 2 atom stereocenters. The molecule has 158 valence electrons. The topological polar surface area (TPSA) is 101 Å². The van der Waals surface area contributed by atoms with E-state index in [9.17, 15) is 22.8 Å². The van der Waals surface area contributed by atoms with Gasteiger partial charge in [-0.25, -0.2) is 13.2 Å². The first-order valence-electron chi connectivity index (χ1n) is 9.71. The second kappa shape index (κ2) is 8.52. The molecule has 2 saturated heterocycles. The molecule has 0 radical (unpaired) electrons. The summed E-state index contributed by atoms with van der Waals surface area (Å²) in [5.41, 5.74) is 1.23. The molecule has 2 aliphatic heterocycles. The fraction of sp³-hybridized carbons (Fsp3) is 0.550. The molecule has 0 N–H and O–H groups in total. The highest BCUT2D eigenvalue weighted by Gasteiger charge is 2.35. The summed E-state index contributed by atoms with van der Waals surface area (Å²) in [7, 11) is -1.57. The molecular formula is C20H26N2O6S. The average Bonchev–Trinajstić information content (AvgIpc) is 3.25. The van der Waals surface area contributed by atoms with Crippen LogP contribution in [0.5, 0.6) is 0 Å². The Kier molecular flexibility index (Phi) is 6.26. The second-order valence-electron chi connectivity index (χ2n) is 7.67. The molecule has 2 aliphatic rings. The van der Waals surface area contributed by atoms with Gasteiger partial charge in [-0.15, -0.1) is 0 Å². The number of likely N-dealkylation sites (tertiary alicyclic amines) is 1. The van der Waals surface area contributed by atoms with Crippen molar-refractivity contribution in [2.24, 2.45) is 0 Å². The Labute approximate surface area is 170 Å². The van der Waals surface area contributed by atoms with Gasteiger partial charge in [-0.1, -0.05) is 12.1 Å². The number of hydrogen-bond donors (Lipinski definition) is 0. The van der Waals surface area contributed by atoms with E-state index in [-0.39, 0.29) is 23.5 Å². The zero-order valence-corrected chi connectivity index (χ0v) is 17.5. The van der Waals surface area contributed by atoms with Gasteiger partial charge in [0.15, 0.2) is 15.9 Å². The Bertz CT molecular complexity index is 896. The lowest BCUT2D eigenvalue weighted by molar-refractivity contribution is -0.140. The van der Waals surface area contributed by atoms with Crippen LogP contribution in [0.25, 0.3) is 0 Å². The molecule has 0 aliphatic carbocycles. The summed E-state index contributed by atoms with van der Waals surface area (Å²) < 4.78 is 28.5. The molecule has 8 nitrogen and oxygen atoms in total. The van der Waals surface area contributed by atoms with E-state index in [1.807, 2.05) is 0 Å². The van der Waals surface area contributed by atoms with Crippen LogP contribution in [0.2, 0.25) is 0 Å². The van der Waals surface area contributed by atoms with Crippen molar-refractivity contribution in [2.75, 3.05) is 25.1 Å². The minimum atomic E-state index is -3.11. The third kappa shape index (κ3) is 5.14. The van der Waals surface area contributed by atoms with Crippen molar-refractivity contribution in [3.8, 4) is 0 Å². The zero-order chi connectivity index (χ0) is 21.2. The molecule has 0 unspecified atom stereocenters. The van der Waals surface area contributed by atoms with Crippen LogP contribution in [0, 0.1) is 0 Å². The van der Waals surface area contributed by atoms with E-state index >= 15 is 0 Å². The van der Waals surface area contributed by atoms with E-state index in [0.29, 0.717) is 24.9 Å². The average molecular weight is 423 g/mol. The number of benzene rings is 1. The third-order valence-electron chi connectivity index (χ3n) is 5.47. The molecule has 1 aromatic carbocycles. The highest BCUT2D eigenvalue weighted by Crippen LogP contribution is 2.19. The summed E-state index contributed by atoms with van der Waals surface area (Å²) >= 11 is 0. The smallest absolute Gasteiger partial charge is 0.338 e. The molecule has 2 heterocycles. The highest BCUT2D eigenvalue weighted by atomic mass is 32.2. The minimum absolute atomic E-state index is 0.0586. The summed E-state index contributed by atoms with van der Waals surface area (Å²) in [6.07, 6.45) is 0.831. The van der Waals surface area contributed by atoms with E-state index in [0.717, 1.165) is 18.5 Å². The summed E-state index contributed by atoms with van der Waals surface area (Å²) in [6, 6.07) is 6.38. The minimum Gasteiger partial charge on any atom is -0.449 e. The van der Waals surface area contributed by atoms with Crippen LogP contribution in [0.4, 0.5) is 0 Å². The number of sulfone groups is 1. The Morgan fingerprint density at radius 3 is 2.52 bits per heavy atom. The Balaban J connectivity index is 1.55. The number of hydrogen-bond acceptors (Lipinski definition) is 6. The van der Waals surface area contributed by atoms with Gasteiger partial charge in [-0.2, -0.15) is 0 Å². The lowest BCUT2D eigenvalue weighted by atomic mass is 10.1. The molecule has 0 bridgehead atoms. The van der Waals surface area contributed by atoms with Gasteiger partial charge in [0, 0.05) is 32.6 Å². The van der Waals surface area contributed by atoms with Crippen LogP contribution < -0.4 is 0 Å². The molecule has 29 heavy (non-hydrogen) atoms. The summed E-state index contributed by atoms with van der Waals surface area (Å²) in [5.74, 6) is -0.901. The number of carbonyl (C=O) groups excluding carboxylic acids is 3. The lowest BCUT2D eigenvalue weighted by Gasteiger charge is -2.26. The van der Waals surface area contributed by atoms with Crippen molar-refractivity contribution in [3.05, 3.63) is 35.4 Å². The predicted octanol–water partition coefficient (Wildman–Crippen LogP) is 1.000. The van der Waals surface area contributed by atoms with Crippen LogP contribution in [0.1, 0.15) is 42.1 Å². The van der Waals surface area contributed by atoms with Gasteiger partial charge in [0.05, 0.1) is 17.1 Å². The van der Waals surface area contributed by atoms with E-state index in [1.54, 1.807) is 29.2 Å². The van der Waals surface area contributed by atoms with Gasteiger partial charge < -0.3 is 14.5 Å². The second-order valence-corrected chi connectivity index (χ2v) is 9.90. The number of likely N-dealkylation sites (N-methyl/N-ethyl adjacent to an activating group) is 1. The van der Waals surface area contributed by atoms with Crippen LogP contribution in [0.3, 0.4) is 0 Å². The number of carbonyl (C=O) groups is 3. The Morgan fingerprint density at radius 2 is 1.97 bits per heavy atom. The van der Waals surface area contributed by atoms with Gasteiger partial charge in [0.25, 0.3) is 5.91 Å².